The molecule has 0 aliphatic carbocycles. The number of rotatable bonds is 12. The highest BCUT2D eigenvalue weighted by atomic mass is 16.5. The van der Waals surface area contributed by atoms with Crippen LogP contribution in [0.5, 0.6) is 0 Å². The van der Waals surface area contributed by atoms with Crippen LogP contribution in [0.4, 0.5) is 0 Å². The molecule has 0 bridgehead atoms. The number of aryl methyl sites for hydroxylation is 1. The van der Waals surface area contributed by atoms with Gasteiger partial charge in [0, 0.05) is 0 Å². The maximum atomic E-state index is 12.4. The zero-order valence-corrected chi connectivity index (χ0v) is 21.8. The number of ether oxygens (including phenoxy) is 2. The number of hydrogen-bond donors (Lipinski definition) is 2. The summed E-state index contributed by atoms with van der Waals surface area (Å²) < 4.78 is 11.4. The first-order valence-electron chi connectivity index (χ1n) is 12.8. The van der Waals surface area contributed by atoms with Crippen LogP contribution in [0.2, 0.25) is 0 Å². The Morgan fingerprint density at radius 3 is 1.74 bits per heavy atom. The van der Waals surface area contributed by atoms with Crippen molar-refractivity contribution < 1.29 is 29.3 Å². The predicted octanol–water partition coefficient (Wildman–Crippen LogP) is 5.48. The van der Waals surface area contributed by atoms with Crippen molar-refractivity contribution in [2.24, 2.45) is 5.92 Å². The van der Waals surface area contributed by atoms with Gasteiger partial charge in [-0.2, -0.15) is 0 Å². The summed E-state index contributed by atoms with van der Waals surface area (Å²) in [7, 11) is 1.32. The summed E-state index contributed by atoms with van der Waals surface area (Å²) in [6.45, 7) is -0.225. The van der Waals surface area contributed by atoms with Gasteiger partial charge in [0.25, 0.3) is 0 Å². The Hall–Kier alpha value is -4.26. The van der Waals surface area contributed by atoms with Crippen LogP contribution in [0.3, 0.4) is 0 Å². The Morgan fingerprint density at radius 1 is 0.769 bits per heavy atom. The van der Waals surface area contributed by atoms with Gasteiger partial charge < -0.3 is 19.7 Å². The van der Waals surface area contributed by atoms with E-state index < -0.39 is 29.6 Å². The van der Waals surface area contributed by atoms with E-state index in [4.69, 9.17) is 9.47 Å². The number of carboxylic acids is 1. The Balaban J connectivity index is 1.62. The van der Waals surface area contributed by atoms with Crippen LogP contribution >= 0.6 is 0 Å². The first-order chi connectivity index (χ1) is 19.0. The number of hydrogen-bond acceptors (Lipinski definition) is 5. The molecule has 0 fully saturated rings. The fourth-order valence-electron chi connectivity index (χ4n) is 4.82. The third-order valence-electron chi connectivity index (χ3n) is 6.88. The lowest BCUT2D eigenvalue weighted by atomic mass is 9.80. The highest BCUT2D eigenvalue weighted by molar-refractivity contribution is 5.89. The van der Waals surface area contributed by atoms with E-state index in [1.807, 2.05) is 97.1 Å². The molecule has 0 unspecified atom stereocenters. The van der Waals surface area contributed by atoms with Gasteiger partial charge in [-0.25, -0.2) is 4.79 Å². The molecule has 4 rings (SSSR count). The minimum atomic E-state index is -1.18. The molecule has 0 amide bonds. The van der Waals surface area contributed by atoms with Gasteiger partial charge in [0.2, 0.25) is 0 Å². The largest absolute Gasteiger partial charge is 0.481 e. The number of esters is 1. The van der Waals surface area contributed by atoms with Crippen molar-refractivity contribution in [1.82, 2.24) is 0 Å². The van der Waals surface area contributed by atoms with Crippen LogP contribution in [0.25, 0.3) is 0 Å². The number of methoxy groups -OCH3 is 1. The lowest BCUT2D eigenvalue weighted by molar-refractivity contribution is -0.151. The molecule has 0 aliphatic heterocycles. The first-order valence-corrected chi connectivity index (χ1v) is 12.8. The Morgan fingerprint density at radius 2 is 1.28 bits per heavy atom. The molecule has 2 atom stereocenters. The number of carboxylic acid groups (broad SMARTS) is 1. The molecule has 0 saturated heterocycles. The maximum absolute atomic E-state index is 12.4. The lowest BCUT2D eigenvalue weighted by Crippen LogP contribution is -2.39. The minimum Gasteiger partial charge on any atom is -0.481 e. The van der Waals surface area contributed by atoms with Gasteiger partial charge in [0.1, 0.15) is 11.5 Å². The molecule has 2 N–H and O–H groups in total. The van der Waals surface area contributed by atoms with Crippen molar-refractivity contribution in [2.45, 2.75) is 24.5 Å². The summed E-state index contributed by atoms with van der Waals surface area (Å²) in [6.07, 6.45) is -0.610. The summed E-state index contributed by atoms with van der Waals surface area (Å²) >= 11 is 0. The van der Waals surface area contributed by atoms with E-state index in [1.165, 1.54) is 7.11 Å². The number of aliphatic carboxylic acids is 1. The average molecular weight is 525 g/mol. The van der Waals surface area contributed by atoms with Crippen LogP contribution in [0, 0.1) is 5.92 Å². The number of carbonyl (C=O) groups is 2. The second-order valence-corrected chi connectivity index (χ2v) is 9.33. The van der Waals surface area contributed by atoms with Gasteiger partial charge >= 0.3 is 11.9 Å². The molecule has 0 heterocycles. The van der Waals surface area contributed by atoms with Crippen LogP contribution in [0.1, 0.15) is 39.0 Å². The summed E-state index contributed by atoms with van der Waals surface area (Å²) in [5, 5.41) is 21.1. The van der Waals surface area contributed by atoms with Crippen molar-refractivity contribution in [3.05, 3.63) is 143 Å². The highest BCUT2D eigenvalue weighted by Crippen LogP contribution is 2.41. The second-order valence-electron chi connectivity index (χ2n) is 9.33. The normalized spacial score (nSPS) is 12.9. The van der Waals surface area contributed by atoms with Gasteiger partial charge in [-0.3, -0.25) is 4.79 Å². The van der Waals surface area contributed by atoms with Crippen molar-refractivity contribution in [1.29, 1.82) is 0 Å². The molecule has 0 radical (unpaired) electrons. The molecular formula is C33H32O6. The molecule has 200 valence electrons. The molecule has 0 aromatic heterocycles. The van der Waals surface area contributed by atoms with E-state index in [2.05, 4.69) is 0 Å². The van der Waals surface area contributed by atoms with Crippen LogP contribution in [-0.2, 0) is 26.3 Å². The van der Waals surface area contributed by atoms with E-state index in [0.717, 1.165) is 22.3 Å². The van der Waals surface area contributed by atoms with Crippen LogP contribution < -0.4 is 0 Å². The Kier molecular flexibility index (Phi) is 9.26. The third kappa shape index (κ3) is 6.42. The fourth-order valence-corrected chi connectivity index (χ4v) is 4.82. The summed E-state index contributed by atoms with van der Waals surface area (Å²) in [6, 6.07) is 35.9. The molecule has 4 aromatic carbocycles. The average Bonchev–Trinajstić information content (AvgIpc) is 2.99. The molecular weight excluding hydrogens is 492 g/mol. The molecule has 0 saturated carbocycles. The molecule has 4 aromatic rings. The molecule has 0 aliphatic rings. The third-order valence-corrected chi connectivity index (χ3v) is 6.88. The fraction of sp³-hybridized carbons (Fsp3) is 0.212. The van der Waals surface area contributed by atoms with Gasteiger partial charge in [-0.15, -0.1) is 0 Å². The zero-order valence-electron chi connectivity index (χ0n) is 21.8. The predicted molar refractivity (Wildman–Crippen MR) is 148 cm³/mol. The van der Waals surface area contributed by atoms with Gasteiger partial charge in [-0.1, -0.05) is 103 Å². The number of carbonyl (C=O) groups excluding carboxylic acids is 1. The number of benzene rings is 4. The van der Waals surface area contributed by atoms with Crippen molar-refractivity contribution >= 4 is 11.9 Å². The van der Waals surface area contributed by atoms with Gasteiger partial charge in [0.05, 0.1) is 25.4 Å². The minimum absolute atomic E-state index is 0.181. The van der Waals surface area contributed by atoms with Crippen molar-refractivity contribution in [2.75, 3.05) is 13.7 Å². The zero-order chi connectivity index (χ0) is 27.7. The van der Waals surface area contributed by atoms with Crippen LogP contribution in [0.15, 0.2) is 115 Å². The molecule has 6 nitrogen and oxygen atoms in total. The topological polar surface area (TPSA) is 93.1 Å². The summed E-state index contributed by atoms with van der Waals surface area (Å²) in [4.78, 5) is 24.2. The quantitative estimate of drug-likeness (QED) is 0.188. The SMILES string of the molecule is COC(=O)c1cccc(CC[C@H](O)[C@H](COC(c2ccccc2)(c2ccccc2)c2ccccc2)C(=O)O)c1. The molecule has 0 spiro atoms. The van der Waals surface area contributed by atoms with E-state index in [0.29, 0.717) is 12.0 Å². The van der Waals surface area contributed by atoms with E-state index in [9.17, 15) is 19.8 Å². The molecule has 39 heavy (non-hydrogen) atoms. The first kappa shape index (κ1) is 27.8. The number of aliphatic hydroxyl groups excluding tert-OH is 1. The smallest absolute Gasteiger partial charge is 0.337 e. The van der Waals surface area contributed by atoms with Crippen LogP contribution in [-0.4, -0.2) is 42.0 Å². The lowest BCUT2D eigenvalue weighted by Gasteiger charge is -2.37. The summed E-state index contributed by atoms with van der Waals surface area (Å²) in [5.74, 6) is -2.77. The Bertz CT molecular complexity index is 1260. The second kappa shape index (κ2) is 13.0. The standard InChI is InChI=1S/C33H32O6/c1-38-32(37)25-13-11-12-24(22-25)20-21-30(34)29(31(35)36)23-39-33(26-14-5-2-6-15-26,27-16-7-3-8-17-27)28-18-9-4-10-19-28/h2-19,22,29-30,34H,20-21,23H2,1H3,(H,35,36)/t29-,30-/m0/s1. The van der Waals surface area contributed by atoms with Crippen molar-refractivity contribution in [3.63, 3.8) is 0 Å². The molecule has 6 heteroatoms. The highest BCUT2D eigenvalue weighted by Gasteiger charge is 2.40. The summed E-state index contributed by atoms with van der Waals surface area (Å²) in [5.41, 5.74) is 2.66. The van der Waals surface area contributed by atoms with E-state index in [1.54, 1.807) is 18.2 Å². The number of aliphatic hydroxyl groups is 1. The van der Waals surface area contributed by atoms with E-state index in [-0.39, 0.29) is 13.0 Å². The monoisotopic (exact) mass is 524 g/mol. The maximum Gasteiger partial charge on any atom is 0.337 e. The van der Waals surface area contributed by atoms with Gasteiger partial charge in [0.15, 0.2) is 0 Å². The van der Waals surface area contributed by atoms with Gasteiger partial charge in [-0.05, 0) is 47.2 Å². The Labute approximate surface area is 228 Å². The van der Waals surface area contributed by atoms with E-state index >= 15 is 0 Å². The van der Waals surface area contributed by atoms with Crippen molar-refractivity contribution in [3.8, 4) is 0 Å².